The first-order valence-electron chi connectivity index (χ1n) is 4.91. The molecule has 2 rings (SSSR count). The highest BCUT2D eigenvalue weighted by molar-refractivity contribution is 7.87. The molecule has 1 fully saturated rings. The molecule has 0 aromatic carbocycles. The Hall–Kier alpha value is -1.57. The molecule has 0 saturated carbocycles. The Balaban J connectivity index is 2.31. The van der Waals surface area contributed by atoms with E-state index in [1.165, 1.54) is 12.4 Å². The van der Waals surface area contributed by atoms with Gasteiger partial charge in [-0.1, -0.05) is 0 Å². The van der Waals surface area contributed by atoms with Gasteiger partial charge in [0, 0.05) is 25.4 Å². The normalized spacial score (nSPS) is 20.9. The third-order valence-electron chi connectivity index (χ3n) is 2.60. The SMILES string of the molecule is Cc1nccnc1N1CC(S(=O)(=O)F)CC1=O. The molecule has 0 bridgehead atoms. The predicted octanol–water partition coefficient (Wildman–Crippen LogP) is 0.190. The standard InChI is InChI=1S/C9H10FN3O3S/c1-6-9(12-3-2-11-6)13-5-7(4-8(13)14)17(10,15)16/h2-3,7H,4-5H2,1H3. The van der Waals surface area contributed by atoms with Crippen LogP contribution in [0.3, 0.4) is 0 Å². The number of hydrogen-bond acceptors (Lipinski definition) is 5. The first-order valence-corrected chi connectivity index (χ1v) is 6.35. The Bertz CT molecular complexity index is 560. The molecule has 2 heterocycles. The summed E-state index contributed by atoms with van der Waals surface area (Å²) in [5, 5.41) is -1.31. The third kappa shape index (κ3) is 2.26. The van der Waals surface area contributed by atoms with E-state index in [2.05, 4.69) is 9.97 Å². The van der Waals surface area contributed by atoms with Crippen molar-refractivity contribution in [3.8, 4) is 0 Å². The largest absolute Gasteiger partial charge is 0.307 e. The fourth-order valence-corrected chi connectivity index (χ4v) is 2.40. The van der Waals surface area contributed by atoms with Gasteiger partial charge >= 0.3 is 10.2 Å². The molecule has 1 saturated heterocycles. The van der Waals surface area contributed by atoms with Crippen LogP contribution in [0, 0.1) is 6.92 Å². The summed E-state index contributed by atoms with van der Waals surface area (Å²) in [5.41, 5.74) is 0.498. The van der Waals surface area contributed by atoms with Crippen LogP contribution in [0.4, 0.5) is 9.70 Å². The maximum atomic E-state index is 12.8. The summed E-state index contributed by atoms with van der Waals surface area (Å²) < 4.78 is 34.3. The van der Waals surface area contributed by atoms with Crippen molar-refractivity contribution in [1.29, 1.82) is 0 Å². The van der Waals surface area contributed by atoms with E-state index in [-0.39, 0.29) is 18.8 Å². The lowest BCUT2D eigenvalue weighted by molar-refractivity contribution is -0.117. The predicted molar refractivity (Wildman–Crippen MR) is 57.6 cm³/mol. The second-order valence-corrected chi connectivity index (χ2v) is 5.39. The smallest absolute Gasteiger partial charge is 0.294 e. The number of carbonyl (C=O) groups excluding carboxylic acids is 1. The zero-order chi connectivity index (χ0) is 12.6. The molecule has 17 heavy (non-hydrogen) atoms. The molecule has 0 radical (unpaired) electrons. The molecule has 92 valence electrons. The zero-order valence-corrected chi connectivity index (χ0v) is 9.82. The molecule has 1 unspecified atom stereocenters. The first kappa shape index (κ1) is 11.9. The van der Waals surface area contributed by atoms with Gasteiger partial charge in [-0.2, -0.15) is 8.42 Å². The summed E-state index contributed by atoms with van der Waals surface area (Å²) in [6, 6.07) is 0. The topological polar surface area (TPSA) is 80.2 Å². The number of nitrogens with zero attached hydrogens (tertiary/aromatic N) is 3. The summed E-state index contributed by atoms with van der Waals surface area (Å²) in [6.07, 6.45) is 2.50. The fraction of sp³-hybridized carbons (Fsp3) is 0.444. The molecule has 1 aromatic rings. The molecule has 1 aliphatic heterocycles. The van der Waals surface area contributed by atoms with Crippen molar-refractivity contribution < 1.29 is 17.1 Å². The molecule has 1 atom stereocenters. The summed E-state index contributed by atoms with van der Waals surface area (Å²) in [4.78, 5) is 20.7. The van der Waals surface area contributed by atoms with Crippen molar-refractivity contribution in [3.05, 3.63) is 18.1 Å². The van der Waals surface area contributed by atoms with Gasteiger partial charge in [0.05, 0.1) is 5.69 Å². The number of rotatable bonds is 2. The molecule has 1 aliphatic rings. The molecule has 8 heteroatoms. The molecular weight excluding hydrogens is 249 g/mol. The highest BCUT2D eigenvalue weighted by atomic mass is 32.3. The van der Waals surface area contributed by atoms with E-state index >= 15 is 0 Å². The lowest BCUT2D eigenvalue weighted by atomic mass is 10.4. The highest BCUT2D eigenvalue weighted by Gasteiger charge is 2.40. The summed E-state index contributed by atoms with van der Waals surface area (Å²) >= 11 is 0. The van der Waals surface area contributed by atoms with Gasteiger partial charge in [-0.05, 0) is 6.92 Å². The van der Waals surface area contributed by atoms with Crippen LogP contribution in [-0.4, -0.2) is 36.1 Å². The maximum absolute atomic E-state index is 12.8. The van der Waals surface area contributed by atoms with Gasteiger partial charge in [0.15, 0.2) is 5.82 Å². The summed E-state index contributed by atoms with van der Waals surface area (Å²) in [6.45, 7) is 1.43. The molecule has 6 nitrogen and oxygen atoms in total. The first-order chi connectivity index (χ1) is 7.89. The Labute approximate surface area is 97.7 Å². The second-order valence-electron chi connectivity index (χ2n) is 3.77. The van der Waals surface area contributed by atoms with Gasteiger partial charge in [-0.3, -0.25) is 14.7 Å². The van der Waals surface area contributed by atoms with Crippen LogP contribution in [-0.2, 0) is 15.0 Å². The van der Waals surface area contributed by atoms with E-state index < -0.39 is 21.4 Å². The van der Waals surface area contributed by atoms with Gasteiger partial charge in [-0.25, -0.2) is 4.98 Å². The van der Waals surface area contributed by atoms with Crippen LogP contribution in [0.1, 0.15) is 12.1 Å². The molecule has 1 aromatic heterocycles. The zero-order valence-electron chi connectivity index (χ0n) is 9.00. The Morgan fingerprint density at radius 2 is 2.06 bits per heavy atom. The molecule has 0 N–H and O–H groups in total. The van der Waals surface area contributed by atoms with E-state index in [4.69, 9.17) is 0 Å². The van der Waals surface area contributed by atoms with E-state index in [9.17, 15) is 17.1 Å². The highest BCUT2D eigenvalue weighted by Crippen LogP contribution is 2.25. The van der Waals surface area contributed by atoms with Gasteiger partial charge in [0.1, 0.15) is 5.25 Å². The lowest BCUT2D eigenvalue weighted by Crippen LogP contribution is -2.28. The molecule has 0 aliphatic carbocycles. The molecular formula is C9H10FN3O3S. The van der Waals surface area contributed by atoms with Gasteiger partial charge < -0.3 is 0 Å². The van der Waals surface area contributed by atoms with E-state index in [0.29, 0.717) is 5.69 Å². The maximum Gasteiger partial charge on any atom is 0.307 e. The number of amides is 1. The summed E-state index contributed by atoms with van der Waals surface area (Å²) in [5.74, 6) is -0.177. The Morgan fingerprint density at radius 3 is 2.59 bits per heavy atom. The second kappa shape index (κ2) is 4.02. The van der Waals surface area contributed by atoms with Crippen LogP contribution in [0.2, 0.25) is 0 Å². The third-order valence-corrected chi connectivity index (χ3v) is 3.71. The minimum Gasteiger partial charge on any atom is -0.294 e. The fourth-order valence-electron chi connectivity index (χ4n) is 1.73. The van der Waals surface area contributed by atoms with Crippen LogP contribution in [0.15, 0.2) is 12.4 Å². The number of aromatic nitrogens is 2. The van der Waals surface area contributed by atoms with E-state index in [0.717, 1.165) is 4.90 Å². The van der Waals surface area contributed by atoms with Gasteiger partial charge in [0.2, 0.25) is 5.91 Å². The van der Waals surface area contributed by atoms with E-state index in [1.54, 1.807) is 6.92 Å². The molecule has 1 amide bonds. The van der Waals surface area contributed by atoms with Crippen LogP contribution in [0.5, 0.6) is 0 Å². The molecule has 0 spiro atoms. The quantitative estimate of drug-likeness (QED) is 0.708. The van der Waals surface area contributed by atoms with Crippen molar-refractivity contribution >= 4 is 21.9 Å². The number of anilines is 1. The van der Waals surface area contributed by atoms with E-state index in [1.807, 2.05) is 0 Å². The number of hydrogen-bond donors (Lipinski definition) is 0. The minimum absolute atomic E-state index is 0.211. The van der Waals surface area contributed by atoms with Crippen molar-refractivity contribution in [2.24, 2.45) is 0 Å². The number of halogens is 1. The van der Waals surface area contributed by atoms with Crippen molar-refractivity contribution in [1.82, 2.24) is 9.97 Å². The van der Waals surface area contributed by atoms with Crippen molar-refractivity contribution in [2.75, 3.05) is 11.4 Å². The summed E-state index contributed by atoms with van der Waals surface area (Å²) in [7, 11) is -4.70. The van der Waals surface area contributed by atoms with Crippen LogP contribution < -0.4 is 4.90 Å². The number of aryl methyl sites for hydroxylation is 1. The van der Waals surface area contributed by atoms with Crippen molar-refractivity contribution in [2.45, 2.75) is 18.6 Å². The number of carbonyl (C=O) groups is 1. The lowest BCUT2D eigenvalue weighted by Gasteiger charge is -2.15. The van der Waals surface area contributed by atoms with Gasteiger partial charge in [0.25, 0.3) is 0 Å². The Morgan fingerprint density at radius 1 is 1.41 bits per heavy atom. The van der Waals surface area contributed by atoms with Crippen LogP contribution in [0.25, 0.3) is 0 Å². The minimum atomic E-state index is -4.70. The monoisotopic (exact) mass is 259 g/mol. The van der Waals surface area contributed by atoms with Crippen LogP contribution >= 0.6 is 0 Å². The van der Waals surface area contributed by atoms with Crippen molar-refractivity contribution in [3.63, 3.8) is 0 Å². The average molecular weight is 259 g/mol. The Kier molecular flexibility index (Phi) is 2.82. The average Bonchev–Trinajstić information content (AvgIpc) is 2.61. The van der Waals surface area contributed by atoms with Gasteiger partial charge in [-0.15, -0.1) is 3.89 Å².